The van der Waals surface area contributed by atoms with Gasteiger partial charge in [-0.3, -0.25) is 0 Å². The van der Waals surface area contributed by atoms with Gasteiger partial charge in [0.15, 0.2) is 5.13 Å². The third kappa shape index (κ3) is 2.16. The van der Waals surface area contributed by atoms with Gasteiger partial charge in [-0.2, -0.15) is 0 Å². The van der Waals surface area contributed by atoms with Crippen LogP contribution in [-0.2, 0) is 0 Å². The van der Waals surface area contributed by atoms with Crippen LogP contribution in [0.25, 0.3) is 10.2 Å². The van der Waals surface area contributed by atoms with Crippen molar-refractivity contribution in [2.45, 2.75) is 19.8 Å². The van der Waals surface area contributed by atoms with Crippen molar-refractivity contribution in [3.63, 3.8) is 0 Å². The van der Waals surface area contributed by atoms with Crippen molar-refractivity contribution >= 4 is 39.1 Å². The molecule has 5 heteroatoms. The Morgan fingerprint density at radius 2 is 2.07 bits per heavy atom. The Morgan fingerprint density at radius 3 is 2.67 bits per heavy atom. The van der Waals surface area contributed by atoms with Crippen molar-refractivity contribution in [2.24, 2.45) is 0 Å². The summed E-state index contributed by atoms with van der Waals surface area (Å²) >= 11 is 1.40. The third-order valence-corrected chi connectivity index (χ3v) is 2.98. The minimum absolute atomic E-state index is 0. The average Bonchev–Trinajstić information content (AvgIpc) is 2.42. The number of aromatic nitrogens is 1. The molecule has 0 atom stereocenters. The van der Waals surface area contributed by atoms with Crippen LogP contribution in [-0.4, -0.2) is 10.1 Å². The van der Waals surface area contributed by atoms with E-state index in [9.17, 15) is 5.11 Å². The largest absolute Gasteiger partial charge is 0.508 e. The maximum absolute atomic E-state index is 9.51. The van der Waals surface area contributed by atoms with E-state index >= 15 is 0 Å². The number of nitrogen functional groups attached to an aromatic ring is 1. The van der Waals surface area contributed by atoms with E-state index < -0.39 is 0 Å². The Labute approximate surface area is 98.4 Å². The molecule has 0 radical (unpaired) electrons. The molecule has 0 unspecified atom stereocenters. The number of fused-ring (bicyclic) bond motifs is 1. The third-order valence-electron chi connectivity index (χ3n) is 2.15. The lowest BCUT2D eigenvalue weighted by Gasteiger charge is -2.06. The number of hydrogen-bond donors (Lipinski definition) is 2. The van der Waals surface area contributed by atoms with Gasteiger partial charge in [-0.1, -0.05) is 25.2 Å². The fourth-order valence-electron chi connectivity index (χ4n) is 1.50. The number of rotatable bonds is 1. The van der Waals surface area contributed by atoms with Crippen LogP contribution in [0.1, 0.15) is 25.3 Å². The number of benzene rings is 1. The number of hydrogen-bond acceptors (Lipinski definition) is 4. The van der Waals surface area contributed by atoms with Crippen LogP contribution >= 0.6 is 23.7 Å². The molecule has 0 amide bonds. The molecule has 0 bridgehead atoms. The van der Waals surface area contributed by atoms with Crippen molar-refractivity contribution < 1.29 is 5.11 Å². The molecule has 3 N–H and O–H groups in total. The number of anilines is 1. The van der Waals surface area contributed by atoms with Gasteiger partial charge in [0.05, 0.1) is 10.2 Å². The molecule has 0 aliphatic heterocycles. The molecule has 0 aliphatic rings. The maximum Gasteiger partial charge on any atom is 0.181 e. The second kappa shape index (κ2) is 4.24. The molecule has 0 spiro atoms. The van der Waals surface area contributed by atoms with Crippen molar-refractivity contribution in [1.29, 1.82) is 0 Å². The van der Waals surface area contributed by atoms with Crippen LogP contribution < -0.4 is 5.73 Å². The summed E-state index contributed by atoms with van der Waals surface area (Å²) in [5.41, 5.74) is 7.60. The Balaban J connectivity index is 0.00000112. The quantitative estimate of drug-likeness (QED) is 0.810. The van der Waals surface area contributed by atoms with E-state index in [2.05, 4.69) is 18.8 Å². The van der Waals surface area contributed by atoms with Crippen LogP contribution in [0.15, 0.2) is 12.1 Å². The first-order valence-corrected chi connectivity index (χ1v) is 5.28. The first-order valence-electron chi connectivity index (χ1n) is 4.47. The van der Waals surface area contributed by atoms with Crippen LogP contribution in [0.3, 0.4) is 0 Å². The number of phenolic OH excluding ortho intramolecular Hbond substituents is 1. The highest BCUT2D eigenvalue weighted by molar-refractivity contribution is 7.22. The van der Waals surface area contributed by atoms with Gasteiger partial charge in [0.25, 0.3) is 0 Å². The predicted molar refractivity (Wildman–Crippen MR) is 67.0 cm³/mol. The SMILES string of the molecule is CC(C)c1cc(O)cc2sc(N)nc12.Cl. The van der Waals surface area contributed by atoms with Crippen molar-refractivity contribution in [1.82, 2.24) is 4.98 Å². The summed E-state index contributed by atoms with van der Waals surface area (Å²) in [4.78, 5) is 4.26. The number of halogens is 1. The smallest absolute Gasteiger partial charge is 0.181 e. The summed E-state index contributed by atoms with van der Waals surface area (Å²) in [5.74, 6) is 0.621. The highest BCUT2D eigenvalue weighted by atomic mass is 35.5. The molecule has 2 aromatic rings. The van der Waals surface area contributed by atoms with Crippen LogP contribution in [0.5, 0.6) is 5.75 Å². The molecule has 2 rings (SSSR count). The molecular weight excluding hydrogens is 232 g/mol. The molecule has 3 nitrogen and oxygen atoms in total. The summed E-state index contributed by atoms with van der Waals surface area (Å²) < 4.78 is 0.950. The zero-order valence-corrected chi connectivity index (χ0v) is 10.2. The van der Waals surface area contributed by atoms with Gasteiger partial charge in [-0.25, -0.2) is 4.98 Å². The summed E-state index contributed by atoms with van der Waals surface area (Å²) in [6.45, 7) is 4.15. The Bertz CT molecular complexity index is 481. The first-order chi connectivity index (χ1) is 6.58. The van der Waals surface area contributed by atoms with Crippen LogP contribution in [0.4, 0.5) is 5.13 Å². The van der Waals surface area contributed by atoms with Crippen LogP contribution in [0, 0.1) is 0 Å². The minimum atomic E-state index is 0. The van der Waals surface area contributed by atoms with Gasteiger partial charge in [0.2, 0.25) is 0 Å². The van der Waals surface area contributed by atoms with Gasteiger partial charge in [0.1, 0.15) is 5.75 Å². The monoisotopic (exact) mass is 244 g/mol. The number of thiazole rings is 1. The predicted octanol–water partition coefficient (Wildman–Crippen LogP) is 3.13. The molecule has 1 heterocycles. The zero-order chi connectivity index (χ0) is 10.3. The van der Waals surface area contributed by atoms with Crippen molar-refractivity contribution in [3.8, 4) is 5.75 Å². The number of aromatic hydroxyl groups is 1. The summed E-state index contributed by atoms with van der Waals surface area (Å²) in [6, 6.07) is 3.46. The van der Waals surface area contributed by atoms with E-state index in [0.717, 1.165) is 15.8 Å². The summed E-state index contributed by atoms with van der Waals surface area (Å²) in [6.07, 6.45) is 0. The molecule has 0 aliphatic carbocycles. The maximum atomic E-state index is 9.51. The molecule has 1 aromatic carbocycles. The van der Waals surface area contributed by atoms with Gasteiger partial charge >= 0.3 is 0 Å². The second-order valence-electron chi connectivity index (χ2n) is 3.59. The molecule has 15 heavy (non-hydrogen) atoms. The average molecular weight is 245 g/mol. The molecule has 0 saturated heterocycles. The van der Waals surface area contributed by atoms with Crippen molar-refractivity contribution in [3.05, 3.63) is 17.7 Å². The van der Waals surface area contributed by atoms with E-state index in [4.69, 9.17) is 5.73 Å². The van der Waals surface area contributed by atoms with Gasteiger partial charge in [-0.15, -0.1) is 12.4 Å². The number of nitrogens with two attached hydrogens (primary N) is 1. The molecular formula is C10H13ClN2OS. The minimum Gasteiger partial charge on any atom is -0.508 e. The van der Waals surface area contributed by atoms with E-state index in [-0.39, 0.29) is 18.2 Å². The van der Waals surface area contributed by atoms with Gasteiger partial charge < -0.3 is 10.8 Å². The molecule has 0 saturated carbocycles. The van der Waals surface area contributed by atoms with E-state index in [1.54, 1.807) is 12.1 Å². The van der Waals surface area contributed by atoms with E-state index in [0.29, 0.717) is 11.0 Å². The van der Waals surface area contributed by atoms with Crippen molar-refractivity contribution in [2.75, 3.05) is 5.73 Å². The number of phenols is 1. The van der Waals surface area contributed by atoms with E-state index in [1.165, 1.54) is 11.3 Å². The highest BCUT2D eigenvalue weighted by Gasteiger charge is 2.11. The van der Waals surface area contributed by atoms with Gasteiger partial charge in [-0.05, 0) is 23.6 Å². The first kappa shape index (κ1) is 12.1. The molecule has 1 aromatic heterocycles. The van der Waals surface area contributed by atoms with Crippen LogP contribution in [0.2, 0.25) is 0 Å². The number of nitrogens with zero attached hydrogens (tertiary/aromatic N) is 1. The van der Waals surface area contributed by atoms with Gasteiger partial charge in [0, 0.05) is 0 Å². The van der Waals surface area contributed by atoms with E-state index in [1.807, 2.05) is 0 Å². The topological polar surface area (TPSA) is 59.1 Å². The molecule has 82 valence electrons. The lowest BCUT2D eigenvalue weighted by Crippen LogP contribution is -1.89. The summed E-state index contributed by atoms with van der Waals surface area (Å²) in [7, 11) is 0. The lowest BCUT2D eigenvalue weighted by atomic mass is 10.0. The highest BCUT2D eigenvalue weighted by Crippen LogP contribution is 2.33. The molecule has 0 fully saturated rings. The fourth-order valence-corrected chi connectivity index (χ4v) is 2.30. The standard InChI is InChI=1S/C10H12N2OS.ClH/c1-5(2)7-3-6(13)4-8-9(7)12-10(11)14-8;/h3-5,13H,1-2H3,(H2,11,12);1H. The normalized spacial score (nSPS) is 10.6. The second-order valence-corrected chi connectivity index (χ2v) is 4.65. The zero-order valence-electron chi connectivity index (χ0n) is 8.52. The Hall–Kier alpha value is -1.00. The fraction of sp³-hybridized carbons (Fsp3) is 0.300. The Morgan fingerprint density at radius 1 is 1.40 bits per heavy atom. The lowest BCUT2D eigenvalue weighted by molar-refractivity contribution is 0.475. The summed E-state index contributed by atoms with van der Waals surface area (Å²) in [5, 5.41) is 10.1. The Kier molecular flexibility index (Phi) is 3.42.